The monoisotopic (exact) mass is 436 g/mol. The first-order chi connectivity index (χ1) is 15.4. The van der Waals surface area contributed by atoms with Crippen LogP contribution in [0.4, 0.5) is 4.79 Å². The quantitative estimate of drug-likeness (QED) is 0.625. The van der Waals surface area contributed by atoms with Gasteiger partial charge in [0.2, 0.25) is 0 Å². The second-order valence-corrected chi connectivity index (χ2v) is 7.93. The lowest BCUT2D eigenvalue weighted by Gasteiger charge is -2.33. The van der Waals surface area contributed by atoms with Gasteiger partial charge in [-0.3, -0.25) is 4.79 Å². The van der Waals surface area contributed by atoms with Gasteiger partial charge >= 0.3 is 6.09 Å². The summed E-state index contributed by atoms with van der Waals surface area (Å²) in [7, 11) is 1.68. The molecule has 0 aliphatic carbocycles. The Morgan fingerprint density at radius 3 is 2.25 bits per heavy atom. The van der Waals surface area contributed by atoms with Crippen LogP contribution in [0.5, 0.6) is 5.75 Å². The maximum atomic E-state index is 13.0. The highest BCUT2D eigenvalue weighted by Crippen LogP contribution is 2.30. The van der Waals surface area contributed by atoms with Crippen LogP contribution in [-0.2, 0) is 4.74 Å². The van der Waals surface area contributed by atoms with Gasteiger partial charge in [-0.1, -0.05) is 0 Å². The van der Waals surface area contributed by atoms with E-state index in [-0.39, 0.29) is 12.0 Å². The maximum Gasteiger partial charge on any atom is 0.409 e. The number of piperazine rings is 1. The molecule has 0 atom stereocenters. The number of amides is 2. The maximum absolute atomic E-state index is 13.0. The number of ether oxygens (including phenoxy) is 2. The molecule has 2 amide bonds. The Morgan fingerprint density at radius 1 is 0.969 bits per heavy atom. The van der Waals surface area contributed by atoms with Crippen LogP contribution in [-0.4, -0.2) is 71.1 Å². The summed E-state index contributed by atoms with van der Waals surface area (Å²) in [4.78, 5) is 32.7. The largest absolute Gasteiger partial charge is 0.496 e. The predicted octanol–water partition coefficient (Wildman–Crippen LogP) is 3.54. The summed E-state index contributed by atoms with van der Waals surface area (Å²) in [5.41, 5.74) is 5.38. The molecule has 1 saturated heterocycles. The van der Waals surface area contributed by atoms with E-state index in [9.17, 15) is 9.59 Å². The Morgan fingerprint density at radius 2 is 1.62 bits per heavy atom. The summed E-state index contributed by atoms with van der Waals surface area (Å²) in [6.07, 6.45) is 3.42. The van der Waals surface area contributed by atoms with Crippen LogP contribution >= 0.6 is 0 Å². The van der Waals surface area contributed by atoms with Gasteiger partial charge in [-0.25, -0.2) is 9.78 Å². The lowest BCUT2D eigenvalue weighted by molar-refractivity contribution is 0.0566. The molecule has 4 rings (SSSR count). The number of fused-ring (bicyclic) bond motifs is 1. The number of aromatic nitrogens is 2. The number of pyridine rings is 1. The van der Waals surface area contributed by atoms with Crippen molar-refractivity contribution in [3.8, 4) is 16.9 Å². The summed E-state index contributed by atoms with van der Waals surface area (Å²) in [6, 6.07) is 8.12. The normalized spacial score (nSPS) is 14.0. The van der Waals surface area contributed by atoms with Crippen LogP contribution in [0.15, 0.2) is 36.7 Å². The number of carbonyl (C=O) groups excluding carboxylic acids is 2. The fraction of sp³-hybridized carbons (Fsp3) is 0.375. The van der Waals surface area contributed by atoms with E-state index in [2.05, 4.69) is 17.1 Å². The van der Waals surface area contributed by atoms with Crippen LogP contribution in [0.1, 0.15) is 28.5 Å². The minimum Gasteiger partial charge on any atom is -0.496 e. The van der Waals surface area contributed by atoms with Gasteiger partial charge in [0.25, 0.3) is 5.91 Å². The number of hydrogen-bond acceptors (Lipinski definition) is 5. The third-order valence-corrected chi connectivity index (χ3v) is 5.76. The SMILES string of the molecule is CCOC(=O)N1CCN(C(=O)c2cn3cc(-c4cc(C)c(OC)c(C)c4)ccc3n2)CC1. The molecule has 3 heterocycles. The highest BCUT2D eigenvalue weighted by molar-refractivity contribution is 5.93. The first kappa shape index (κ1) is 21.7. The fourth-order valence-corrected chi connectivity index (χ4v) is 4.17. The number of benzene rings is 1. The van der Waals surface area contributed by atoms with E-state index < -0.39 is 0 Å². The van der Waals surface area contributed by atoms with Crippen LogP contribution < -0.4 is 4.74 Å². The standard InChI is InChI=1S/C24H28N4O4/c1-5-32-24(30)27-10-8-26(9-11-27)23(29)20-15-28-14-18(6-7-21(28)25-20)19-12-16(2)22(31-4)17(3)13-19/h6-7,12-15H,5,8-11H2,1-4H3. The van der Waals surface area contributed by atoms with Crippen LogP contribution in [0.25, 0.3) is 16.8 Å². The van der Waals surface area contributed by atoms with E-state index in [0.29, 0.717) is 44.1 Å². The summed E-state index contributed by atoms with van der Waals surface area (Å²) in [6.45, 7) is 8.02. The molecule has 8 nitrogen and oxygen atoms in total. The molecule has 1 aromatic carbocycles. The number of aryl methyl sites for hydroxylation is 2. The number of hydrogen-bond donors (Lipinski definition) is 0. The molecule has 0 bridgehead atoms. The molecule has 32 heavy (non-hydrogen) atoms. The molecule has 0 saturated carbocycles. The van der Waals surface area contributed by atoms with Crippen LogP contribution in [0, 0.1) is 13.8 Å². The van der Waals surface area contributed by atoms with Gasteiger partial charge < -0.3 is 23.7 Å². The van der Waals surface area contributed by atoms with Gasteiger partial charge in [0.05, 0.1) is 13.7 Å². The summed E-state index contributed by atoms with van der Waals surface area (Å²) in [5, 5.41) is 0. The lowest BCUT2D eigenvalue weighted by atomic mass is 10.0. The zero-order chi connectivity index (χ0) is 22.8. The minimum atomic E-state index is -0.330. The highest BCUT2D eigenvalue weighted by Gasteiger charge is 2.26. The smallest absolute Gasteiger partial charge is 0.409 e. The van der Waals surface area contributed by atoms with E-state index in [1.807, 2.05) is 36.6 Å². The Kier molecular flexibility index (Phi) is 6.03. The second kappa shape index (κ2) is 8.90. The van der Waals surface area contributed by atoms with E-state index >= 15 is 0 Å². The van der Waals surface area contributed by atoms with Gasteiger partial charge in [-0.15, -0.1) is 0 Å². The van der Waals surface area contributed by atoms with Crippen molar-refractivity contribution in [2.24, 2.45) is 0 Å². The van der Waals surface area contributed by atoms with Gasteiger partial charge in [-0.2, -0.15) is 0 Å². The molecule has 8 heteroatoms. The van der Waals surface area contributed by atoms with E-state index in [1.54, 1.807) is 30.0 Å². The minimum absolute atomic E-state index is 0.130. The zero-order valence-corrected chi connectivity index (χ0v) is 18.9. The number of rotatable bonds is 4. The summed E-state index contributed by atoms with van der Waals surface area (Å²) in [5.74, 6) is 0.767. The summed E-state index contributed by atoms with van der Waals surface area (Å²) < 4.78 is 12.4. The first-order valence-electron chi connectivity index (χ1n) is 10.8. The molecule has 0 radical (unpaired) electrons. The average Bonchev–Trinajstić information content (AvgIpc) is 3.22. The van der Waals surface area contributed by atoms with Crippen LogP contribution in [0.3, 0.4) is 0 Å². The number of carbonyl (C=O) groups is 2. The van der Waals surface area contributed by atoms with E-state index in [0.717, 1.165) is 28.0 Å². The average molecular weight is 437 g/mol. The molecule has 0 unspecified atom stereocenters. The van der Waals surface area contributed by atoms with Gasteiger partial charge in [-0.05, 0) is 67.3 Å². The van der Waals surface area contributed by atoms with E-state index in [4.69, 9.17) is 9.47 Å². The van der Waals surface area contributed by atoms with Gasteiger partial charge in [0, 0.05) is 38.6 Å². The van der Waals surface area contributed by atoms with Gasteiger partial charge in [0.1, 0.15) is 17.1 Å². The van der Waals surface area contributed by atoms with Crippen molar-refractivity contribution in [2.75, 3.05) is 39.9 Å². The second-order valence-electron chi connectivity index (χ2n) is 7.93. The molecule has 1 aliphatic rings. The third-order valence-electron chi connectivity index (χ3n) is 5.76. The third kappa shape index (κ3) is 4.12. The van der Waals surface area contributed by atoms with Crippen molar-refractivity contribution in [3.05, 3.63) is 53.5 Å². The highest BCUT2D eigenvalue weighted by atomic mass is 16.6. The molecule has 168 valence electrons. The van der Waals surface area contributed by atoms with Crippen molar-refractivity contribution in [1.82, 2.24) is 19.2 Å². The Labute approximate surface area is 187 Å². The molecule has 2 aromatic heterocycles. The molecular weight excluding hydrogens is 408 g/mol. The van der Waals surface area contributed by atoms with E-state index in [1.165, 1.54) is 0 Å². The van der Waals surface area contributed by atoms with Crippen molar-refractivity contribution < 1.29 is 19.1 Å². The number of imidazole rings is 1. The molecule has 0 spiro atoms. The summed E-state index contributed by atoms with van der Waals surface area (Å²) >= 11 is 0. The van der Waals surface area contributed by atoms with Crippen molar-refractivity contribution >= 4 is 17.6 Å². The molecule has 3 aromatic rings. The Bertz CT molecular complexity index is 1140. The first-order valence-corrected chi connectivity index (χ1v) is 10.8. The molecule has 0 N–H and O–H groups in total. The van der Waals surface area contributed by atoms with Crippen molar-refractivity contribution in [3.63, 3.8) is 0 Å². The predicted molar refractivity (Wildman–Crippen MR) is 121 cm³/mol. The van der Waals surface area contributed by atoms with Gasteiger partial charge in [0.15, 0.2) is 0 Å². The Balaban J connectivity index is 1.52. The van der Waals surface area contributed by atoms with Crippen molar-refractivity contribution in [2.45, 2.75) is 20.8 Å². The topological polar surface area (TPSA) is 76.4 Å². The number of methoxy groups -OCH3 is 1. The zero-order valence-electron chi connectivity index (χ0n) is 18.9. The lowest BCUT2D eigenvalue weighted by Crippen LogP contribution is -2.50. The number of nitrogens with zero attached hydrogens (tertiary/aromatic N) is 4. The molecule has 1 fully saturated rings. The molecular formula is C24H28N4O4. The Hall–Kier alpha value is -3.55. The van der Waals surface area contributed by atoms with Crippen LogP contribution in [0.2, 0.25) is 0 Å². The fourth-order valence-electron chi connectivity index (χ4n) is 4.17. The van der Waals surface area contributed by atoms with Crippen molar-refractivity contribution in [1.29, 1.82) is 0 Å². The molecule has 1 aliphatic heterocycles.